The number of hydrogen-bond donors (Lipinski definition) is 0. The van der Waals surface area contributed by atoms with Crippen molar-refractivity contribution in [3.8, 4) is 112 Å². The predicted octanol–water partition coefficient (Wildman–Crippen LogP) is 19.4. The summed E-state index contributed by atoms with van der Waals surface area (Å²) in [6.45, 7) is 0. The zero-order valence-corrected chi connectivity index (χ0v) is 42.5. The topological polar surface area (TPSA) is 51.6 Å². The van der Waals surface area contributed by atoms with Gasteiger partial charge < -0.3 is 0 Å². The summed E-state index contributed by atoms with van der Waals surface area (Å²) in [6.07, 6.45) is 0. The Hall–Kier alpha value is -10.4. The quantitative estimate of drug-likeness (QED) is 0.137. The highest BCUT2D eigenvalue weighted by Gasteiger charge is 2.20. The fourth-order valence-electron chi connectivity index (χ4n) is 10.7. The first-order valence-electron chi connectivity index (χ1n) is 26.4. The van der Waals surface area contributed by atoms with Gasteiger partial charge in [-0.3, -0.25) is 0 Å². The van der Waals surface area contributed by atoms with Gasteiger partial charge in [-0.1, -0.05) is 243 Å². The fraction of sp³-hybridized carbons (Fsp3) is 0. The molecule has 3 heterocycles. The van der Waals surface area contributed by atoms with Crippen molar-refractivity contribution in [2.45, 2.75) is 0 Å². The minimum Gasteiger partial charge on any atom is -0.248 e. The van der Waals surface area contributed by atoms with Gasteiger partial charge in [0.05, 0.1) is 34.0 Å². The third-order valence-electron chi connectivity index (χ3n) is 14.8. The maximum absolute atomic E-state index is 5.59. The zero-order valence-electron chi connectivity index (χ0n) is 42.5. The highest BCUT2D eigenvalue weighted by atomic mass is 14.9. The molecule has 11 aromatic carbocycles. The van der Waals surface area contributed by atoms with E-state index in [1.807, 2.05) is 18.2 Å². The average Bonchev–Trinajstić information content (AvgIpc) is 3.72. The van der Waals surface area contributed by atoms with Gasteiger partial charge >= 0.3 is 0 Å². The van der Waals surface area contributed by atoms with Gasteiger partial charge in [0.15, 0.2) is 5.82 Å². The van der Waals surface area contributed by atoms with Crippen LogP contribution in [0.15, 0.2) is 291 Å². The van der Waals surface area contributed by atoms with Crippen LogP contribution in [0.5, 0.6) is 0 Å². The summed E-state index contributed by atoms with van der Waals surface area (Å²) >= 11 is 0. The molecule has 14 aromatic rings. The molecule has 364 valence electrons. The summed E-state index contributed by atoms with van der Waals surface area (Å²) in [7, 11) is 0. The summed E-state index contributed by atoms with van der Waals surface area (Å²) < 4.78 is 0. The van der Waals surface area contributed by atoms with Crippen LogP contribution in [0.1, 0.15) is 0 Å². The molecule has 4 nitrogen and oxygen atoms in total. The van der Waals surface area contributed by atoms with Crippen LogP contribution < -0.4 is 0 Å². The molecule has 0 saturated carbocycles. The van der Waals surface area contributed by atoms with Crippen molar-refractivity contribution in [1.29, 1.82) is 0 Å². The van der Waals surface area contributed by atoms with Gasteiger partial charge in [-0.25, -0.2) is 19.9 Å². The molecule has 4 heteroatoms. The van der Waals surface area contributed by atoms with E-state index in [4.69, 9.17) is 19.9 Å². The summed E-state index contributed by atoms with van der Waals surface area (Å²) in [5.74, 6) is 0.642. The molecule has 0 bridgehead atoms. The Bertz CT molecular complexity index is 4390. The van der Waals surface area contributed by atoms with Gasteiger partial charge in [0.2, 0.25) is 0 Å². The highest BCUT2D eigenvalue weighted by Crippen LogP contribution is 2.41. The Morgan fingerprint density at radius 1 is 0.192 bits per heavy atom. The first-order valence-corrected chi connectivity index (χ1v) is 26.4. The maximum Gasteiger partial charge on any atom is 0.160 e. The summed E-state index contributed by atoms with van der Waals surface area (Å²) in [6, 6.07) is 103. The lowest BCUT2D eigenvalue weighted by atomic mass is 9.91. The monoisotopic (exact) mass is 992 g/mol. The minimum absolute atomic E-state index is 0.642. The van der Waals surface area contributed by atoms with Crippen molar-refractivity contribution in [2.75, 3.05) is 0 Å². The average molecular weight is 993 g/mol. The van der Waals surface area contributed by atoms with Crippen LogP contribution in [0.2, 0.25) is 0 Å². The van der Waals surface area contributed by atoms with Crippen molar-refractivity contribution in [3.63, 3.8) is 0 Å². The first-order chi connectivity index (χ1) is 38.6. The third-order valence-corrected chi connectivity index (χ3v) is 14.8. The second-order valence-corrected chi connectivity index (χ2v) is 19.8. The summed E-state index contributed by atoms with van der Waals surface area (Å²) in [5.41, 5.74) is 20.2. The largest absolute Gasteiger partial charge is 0.248 e. The van der Waals surface area contributed by atoms with Crippen molar-refractivity contribution >= 4 is 32.4 Å². The fourth-order valence-corrected chi connectivity index (χ4v) is 10.7. The van der Waals surface area contributed by atoms with Gasteiger partial charge in [0.1, 0.15) is 0 Å². The Balaban J connectivity index is 0.952. The van der Waals surface area contributed by atoms with E-state index in [9.17, 15) is 0 Å². The Morgan fingerprint density at radius 3 is 1.06 bits per heavy atom. The number of pyridine rings is 2. The number of rotatable bonds is 10. The molecule has 0 amide bonds. The maximum atomic E-state index is 5.59. The second kappa shape index (κ2) is 20.0. The van der Waals surface area contributed by atoms with E-state index in [-0.39, 0.29) is 0 Å². The van der Waals surface area contributed by atoms with E-state index in [2.05, 4.69) is 273 Å². The number of hydrogen-bond acceptors (Lipinski definition) is 4. The number of nitrogens with zero attached hydrogens (tertiary/aromatic N) is 4. The standard InChI is InChI=1S/C74H48N4/c1-5-17-49(18-6-1)64-45-68(53-21-7-2-8-22-53)76-71(46-64)56-33-35-57(36-34-56)72-67-44-63(61-39-31-50-19-13-15-27-59(50)41-61)43-66(62-40-32-51-20-14-16-28-60(51)42-62)73(67)78-74(77-72)58-37-29-52(30-38-58)65-47-69(54-23-9-3-10-24-54)75-70(48-65)55-25-11-4-12-26-55/h1-48H. The van der Waals surface area contributed by atoms with Gasteiger partial charge in [0, 0.05) is 44.3 Å². The van der Waals surface area contributed by atoms with E-state index < -0.39 is 0 Å². The van der Waals surface area contributed by atoms with Gasteiger partial charge in [-0.15, -0.1) is 0 Å². The molecule has 78 heavy (non-hydrogen) atoms. The molecule has 0 radical (unpaired) electrons. The third kappa shape index (κ3) is 9.08. The van der Waals surface area contributed by atoms with Crippen LogP contribution >= 0.6 is 0 Å². The molecule has 0 aliphatic heterocycles. The molecular formula is C74H48N4. The van der Waals surface area contributed by atoms with E-state index >= 15 is 0 Å². The van der Waals surface area contributed by atoms with E-state index in [0.717, 1.165) is 117 Å². The summed E-state index contributed by atoms with van der Waals surface area (Å²) in [4.78, 5) is 21.6. The second-order valence-electron chi connectivity index (χ2n) is 19.8. The van der Waals surface area contributed by atoms with Crippen LogP contribution in [-0.4, -0.2) is 19.9 Å². The van der Waals surface area contributed by atoms with Crippen LogP contribution in [0.25, 0.3) is 145 Å². The molecule has 0 saturated heterocycles. The molecular weight excluding hydrogens is 945 g/mol. The lowest BCUT2D eigenvalue weighted by Gasteiger charge is -2.16. The van der Waals surface area contributed by atoms with Gasteiger partial charge in [-0.2, -0.15) is 0 Å². The first kappa shape index (κ1) is 46.1. The molecule has 0 fully saturated rings. The Kier molecular flexibility index (Phi) is 11.8. The lowest BCUT2D eigenvalue weighted by molar-refractivity contribution is 1.23. The smallest absolute Gasteiger partial charge is 0.160 e. The van der Waals surface area contributed by atoms with Crippen LogP contribution in [0.3, 0.4) is 0 Å². The van der Waals surface area contributed by atoms with Crippen molar-refractivity contribution in [3.05, 3.63) is 291 Å². The number of aromatic nitrogens is 4. The van der Waals surface area contributed by atoms with E-state index in [0.29, 0.717) is 5.82 Å². The van der Waals surface area contributed by atoms with Crippen molar-refractivity contribution < 1.29 is 0 Å². The molecule has 3 aromatic heterocycles. The minimum atomic E-state index is 0.642. The van der Waals surface area contributed by atoms with E-state index in [1.54, 1.807) is 0 Å². The van der Waals surface area contributed by atoms with Crippen molar-refractivity contribution in [2.24, 2.45) is 0 Å². The predicted molar refractivity (Wildman–Crippen MR) is 325 cm³/mol. The van der Waals surface area contributed by atoms with Crippen LogP contribution in [0, 0.1) is 0 Å². The Labute approximate surface area is 453 Å². The van der Waals surface area contributed by atoms with Crippen LogP contribution in [-0.2, 0) is 0 Å². The van der Waals surface area contributed by atoms with Crippen molar-refractivity contribution in [1.82, 2.24) is 19.9 Å². The molecule has 0 atom stereocenters. The normalized spacial score (nSPS) is 11.3. The number of fused-ring (bicyclic) bond motifs is 3. The zero-order chi connectivity index (χ0) is 51.8. The Morgan fingerprint density at radius 2 is 0.551 bits per heavy atom. The molecule has 0 spiro atoms. The number of benzene rings is 11. The molecule has 0 N–H and O–H groups in total. The van der Waals surface area contributed by atoms with E-state index in [1.165, 1.54) is 21.5 Å². The molecule has 0 unspecified atom stereocenters. The van der Waals surface area contributed by atoms with Crippen LogP contribution in [0.4, 0.5) is 0 Å². The molecule has 0 aliphatic rings. The lowest BCUT2D eigenvalue weighted by Crippen LogP contribution is -1.98. The molecule has 0 aliphatic carbocycles. The van der Waals surface area contributed by atoms with Gasteiger partial charge in [-0.05, 0) is 109 Å². The summed E-state index contributed by atoms with van der Waals surface area (Å²) in [5, 5.41) is 5.71. The highest BCUT2D eigenvalue weighted by molar-refractivity contribution is 6.06. The molecule has 14 rings (SSSR count). The SMILES string of the molecule is c1ccc(-c2cc(-c3ccccc3)nc(-c3ccc(-c4nc(-c5ccc(-c6cc(-c7ccccc7)nc(-c7ccccc7)c6)cc5)nc5c(-c6ccc7ccccc7c6)cc(-c6ccc7ccccc7c6)cc45)cc3)c2)cc1. The van der Waals surface area contributed by atoms with Gasteiger partial charge in [0.25, 0.3) is 0 Å².